The van der Waals surface area contributed by atoms with Crippen LogP contribution >= 0.6 is 0 Å². The normalized spacial score (nSPS) is 16.9. The van der Waals surface area contributed by atoms with Gasteiger partial charge in [0, 0.05) is 19.7 Å². The largest absolute Gasteiger partial charge is 0.489 e. The van der Waals surface area contributed by atoms with Crippen molar-refractivity contribution in [2.45, 2.75) is 51.6 Å². The molecule has 0 aromatic heterocycles. The van der Waals surface area contributed by atoms with Crippen LogP contribution in [0.1, 0.15) is 44.6 Å². The highest BCUT2D eigenvalue weighted by molar-refractivity contribution is 5.42. The van der Waals surface area contributed by atoms with Crippen LogP contribution in [0.5, 0.6) is 11.5 Å². The van der Waals surface area contributed by atoms with Gasteiger partial charge in [-0.15, -0.1) is 0 Å². The van der Waals surface area contributed by atoms with Gasteiger partial charge < -0.3 is 19.5 Å². The first kappa shape index (κ1) is 17.1. The molecule has 0 saturated heterocycles. The first-order chi connectivity index (χ1) is 10.8. The molecular weight excluding hydrogens is 278 g/mol. The second kappa shape index (κ2) is 9.70. The molecule has 0 aliphatic carbocycles. The number of fused-ring (bicyclic) bond motifs is 1. The van der Waals surface area contributed by atoms with Crippen molar-refractivity contribution in [1.29, 1.82) is 0 Å². The van der Waals surface area contributed by atoms with Crippen molar-refractivity contribution < 1.29 is 14.2 Å². The fraction of sp³-hybridized carbons (Fsp3) is 0.667. The van der Waals surface area contributed by atoms with Gasteiger partial charge in [-0.3, -0.25) is 0 Å². The van der Waals surface area contributed by atoms with Crippen molar-refractivity contribution in [1.82, 2.24) is 5.32 Å². The Bertz CT molecular complexity index is 436. The van der Waals surface area contributed by atoms with Gasteiger partial charge in [-0.1, -0.05) is 32.3 Å². The predicted octanol–water partition coefficient (Wildman–Crippen LogP) is 3.53. The maximum Gasteiger partial charge on any atom is 0.188 e. The number of hydrogen-bond acceptors (Lipinski definition) is 4. The summed E-state index contributed by atoms with van der Waals surface area (Å²) in [5.74, 6) is 1.76. The van der Waals surface area contributed by atoms with Crippen molar-refractivity contribution in [3.05, 3.63) is 23.8 Å². The molecule has 0 amide bonds. The standard InChI is InChI=1S/C18H29NO3/c1-3-4-5-6-11-19-13-17-10-8-15-7-9-16(21-14-20-2)12-18(15)22-17/h7,9,12,17,19H,3-6,8,10-11,13-14H2,1-2H3/t17-/m1/s1. The van der Waals surface area contributed by atoms with E-state index in [4.69, 9.17) is 14.2 Å². The molecule has 1 aliphatic heterocycles. The highest BCUT2D eigenvalue weighted by atomic mass is 16.7. The van der Waals surface area contributed by atoms with Crippen LogP contribution in [0.15, 0.2) is 18.2 Å². The lowest BCUT2D eigenvalue weighted by atomic mass is 10.0. The summed E-state index contributed by atoms with van der Waals surface area (Å²) in [4.78, 5) is 0. The van der Waals surface area contributed by atoms with Gasteiger partial charge in [0.15, 0.2) is 6.79 Å². The minimum Gasteiger partial charge on any atom is -0.489 e. The molecule has 1 N–H and O–H groups in total. The highest BCUT2D eigenvalue weighted by Crippen LogP contribution is 2.31. The van der Waals surface area contributed by atoms with E-state index in [1.165, 1.54) is 31.2 Å². The Morgan fingerprint density at radius 3 is 3.00 bits per heavy atom. The van der Waals surface area contributed by atoms with Crippen LogP contribution in [0.3, 0.4) is 0 Å². The van der Waals surface area contributed by atoms with E-state index in [1.54, 1.807) is 7.11 Å². The van der Waals surface area contributed by atoms with Gasteiger partial charge in [-0.25, -0.2) is 0 Å². The third-order valence-electron chi connectivity index (χ3n) is 3.99. The van der Waals surface area contributed by atoms with E-state index >= 15 is 0 Å². The minimum atomic E-state index is 0.261. The summed E-state index contributed by atoms with van der Waals surface area (Å²) in [7, 11) is 1.62. The van der Waals surface area contributed by atoms with Crippen LogP contribution in [0.25, 0.3) is 0 Å². The Kier molecular flexibility index (Phi) is 7.54. The zero-order valence-corrected chi connectivity index (χ0v) is 13.9. The fourth-order valence-electron chi connectivity index (χ4n) is 2.71. The Morgan fingerprint density at radius 1 is 1.27 bits per heavy atom. The molecule has 1 aliphatic rings. The molecule has 4 nitrogen and oxygen atoms in total. The van der Waals surface area contributed by atoms with Crippen LogP contribution < -0.4 is 14.8 Å². The lowest BCUT2D eigenvalue weighted by Crippen LogP contribution is -2.34. The van der Waals surface area contributed by atoms with Crippen molar-refractivity contribution in [3.8, 4) is 11.5 Å². The molecule has 0 radical (unpaired) electrons. The number of rotatable bonds is 10. The molecule has 1 aromatic carbocycles. The number of nitrogens with one attached hydrogen (secondary N) is 1. The smallest absolute Gasteiger partial charge is 0.188 e. The van der Waals surface area contributed by atoms with Crippen LogP contribution in [-0.2, 0) is 11.2 Å². The molecule has 4 heteroatoms. The summed E-state index contributed by atoms with van der Waals surface area (Å²) in [5, 5.41) is 3.52. The topological polar surface area (TPSA) is 39.7 Å². The summed E-state index contributed by atoms with van der Waals surface area (Å²) in [5.41, 5.74) is 1.27. The summed E-state index contributed by atoms with van der Waals surface area (Å²) < 4.78 is 16.5. The van der Waals surface area contributed by atoms with Crippen molar-refractivity contribution in [2.24, 2.45) is 0 Å². The van der Waals surface area contributed by atoms with Crippen molar-refractivity contribution >= 4 is 0 Å². The van der Waals surface area contributed by atoms with E-state index in [0.29, 0.717) is 0 Å². The monoisotopic (exact) mass is 307 g/mol. The summed E-state index contributed by atoms with van der Waals surface area (Å²) >= 11 is 0. The second-order valence-electron chi connectivity index (χ2n) is 5.86. The molecule has 0 unspecified atom stereocenters. The maximum absolute atomic E-state index is 6.10. The SMILES string of the molecule is CCCCCCNC[C@H]1CCc2ccc(OCOC)cc2O1. The van der Waals surface area contributed by atoms with Crippen LogP contribution in [0.4, 0.5) is 0 Å². The fourth-order valence-corrected chi connectivity index (χ4v) is 2.71. The summed E-state index contributed by atoms with van der Waals surface area (Å²) in [6.07, 6.45) is 7.60. The Labute approximate surface area is 134 Å². The van der Waals surface area contributed by atoms with Gasteiger partial charge in [0.1, 0.15) is 17.6 Å². The molecule has 0 fully saturated rings. The van der Waals surface area contributed by atoms with Gasteiger partial charge in [0.05, 0.1) is 0 Å². The van der Waals surface area contributed by atoms with Crippen LogP contribution in [0, 0.1) is 0 Å². The van der Waals surface area contributed by atoms with E-state index < -0.39 is 0 Å². The zero-order valence-electron chi connectivity index (χ0n) is 13.9. The number of benzene rings is 1. The van der Waals surface area contributed by atoms with Gasteiger partial charge >= 0.3 is 0 Å². The Hall–Kier alpha value is -1.26. The van der Waals surface area contributed by atoms with Gasteiger partial charge in [0.2, 0.25) is 0 Å². The van der Waals surface area contributed by atoms with E-state index in [-0.39, 0.29) is 12.9 Å². The molecule has 0 bridgehead atoms. The van der Waals surface area contributed by atoms with Gasteiger partial charge in [0.25, 0.3) is 0 Å². The molecule has 1 aromatic rings. The molecule has 124 valence electrons. The molecular formula is C18H29NO3. The first-order valence-corrected chi connectivity index (χ1v) is 8.45. The van der Waals surface area contributed by atoms with E-state index in [0.717, 1.165) is 37.4 Å². The lowest BCUT2D eigenvalue weighted by molar-refractivity contribution is 0.0507. The van der Waals surface area contributed by atoms with Crippen LogP contribution in [-0.4, -0.2) is 33.1 Å². The Balaban J connectivity index is 1.75. The predicted molar refractivity (Wildman–Crippen MR) is 88.7 cm³/mol. The number of ether oxygens (including phenoxy) is 3. The number of aryl methyl sites for hydroxylation is 1. The number of methoxy groups -OCH3 is 1. The zero-order chi connectivity index (χ0) is 15.6. The van der Waals surface area contributed by atoms with Crippen molar-refractivity contribution in [3.63, 3.8) is 0 Å². The minimum absolute atomic E-state index is 0.261. The molecule has 0 saturated carbocycles. The summed E-state index contributed by atoms with van der Waals surface area (Å²) in [6.45, 7) is 4.52. The third-order valence-corrected chi connectivity index (χ3v) is 3.99. The first-order valence-electron chi connectivity index (χ1n) is 8.45. The Morgan fingerprint density at radius 2 is 2.18 bits per heavy atom. The molecule has 1 heterocycles. The van der Waals surface area contributed by atoms with E-state index in [9.17, 15) is 0 Å². The average molecular weight is 307 g/mol. The molecule has 1 atom stereocenters. The second-order valence-corrected chi connectivity index (χ2v) is 5.86. The quantitative estimate of drug-likeness (QED) is 0.530. The summed E-state index contributed by atoms with van der Waals surface area (Å²) in [6, 6.07) is 6.05. The number of hydrogen-bond donors (Lipinski definition) is 1. The van der Waals surface area contributed by atoms with Crippen LogP contribution in [0.2, 0.25) is 0 Å². The molecule has 2 rings (SSSR count). The molecule has 22 heavy (non-hydrogen) atoms. The van der Waals surface area contributed by atoms with E-state index in [1.807, 2.05) is 12.1 Å². The average Bonchev–Trinajstić information content (AvgIpc) is 2.55. The van der Waals surface area contributed by atoms with Gasteiger partial charge in [-0.05, 0) is 37.4 Å². The highest BCUT2D eigenvalue weighted by Gasteiger charge is 2.19. The lowest BCUT2D eigenvalue weighted by Gasteiger charge is -2.26. The van der Waals surface area contributed by atoms with E-state index in [2.05, 4.69) is 18.3 Å². The van der Waals surface area contributed by atoms with Crippen molar-refractivity contribution in [2.75, 3.05) is 27.0 Å². The van der Waals surface area contributed by atoms with Gasteiger partial charge in [-0.2, -0.15) is 0 Å². The molecule has 0 spiro atoms. The maximum atomic E-state index is 6.10. The third kappa shape index (κ3) is 5.50. The number of unbranched alkanes of at least 4 members (excludes halogenated alkanes) is 3.